The van der Waals surface area contributed by atoms with Crippen LogP contribution in [-0.4, -0.2) is 14.9 Å². The summed E-state index contributed by atoms with van der Waals surface area (Å²) < 4.78 is 0.579. The number of rotatable bonds is 2. The molecule has 0 aromatic carbocycles. The average molecular weight is 299 g/mol. The normalized spacial score (nSPS) is 9.83. The van der Waals surface area contributed by atoms with Crippen molar-refractivity contribution >= 4 is 39.9 Å². The number of hydrogen-bond donors (Lipinski definition) is 0. The van der Waals surface area contributed by atoms with Gasteiger partial charge in [0.15, 0.2) is 0 Å². The van der Waals surface area contributed by atoms with Gasteiger partial charge in [0, 0.05) is 0 Å². The van der Waals surface area contributed by atoms with Crippen molar-refractivity contribution in [3.63, 3.8) is 0 Å². The third-order valence-electron chi connectivity index (χ3n) is 1.09. The van der Waals surface area contributed by atoms with Gasteiger partial charge in [-0.2, -0.15) is 0 Å². The van der Waals surface area contributed by atoms with Crippen LogP contribution >= 0.6 is 34.2 Å². The van der Waals surface area contributed by atoms with Crippen LogP contribution < -0.4 is 0 Å². The summed E-state index contributed by atoms with van der Waals surface area (Å²) in [6, 6.07) is 0. The zero-order chi connectivity index (χ0) is 9.14. The van der Waals surface area contributed by atoms with Crippen molar-refractivity contribution in [3.05, 3.63) is 27.3 Å². The fourth-order valence-corrected chi connectivity index (χ4v) is 1.16. The van der Waals surface area contributed by atoms with Gasteiger partial charge in [0.05, 0.1) is 9.35 Å². The number of hydrogen-bond acceptors (Lipinski definition) is 4. The molecule has 0 aliphatic heterocycles. The summed E-state index contributed by atoms with van der Waals surface area (Å²) in [6.07, 6.45) is 1.11. The molecular weight excluding hydrogens is 296 g/mol. The van der Waals surface area contributed by atoms with E-state index < -0.39 is 4.92 Å². The molecule has 0 amide bonds. The zero-order valence-electron chi connectivity index (χ0n) is 5.70. The summed E-state index contributed by atoms with van der Waals surface area (Å²) in [4.78, 5) is 17.1. The van der Waals surface area contributed by atoms with E-state index in [1.807, 2.05) is 22.6 Å². The van der Waals surface area contributed by atoms with Crippen LogP contribution in [0.3, 0.4) is 0 Å². The van der Waals surface area contributed by atoms with E-state index >= 15 is 0 Å². The quantitative estimate of drug-likeness (QED) is 0.275. The third-order valence-corrected chi connectivity index (χ3v) is 2.05. The SMILES string of the molecule is O=[N+]([O-])c1cnc(CI)nc1Cl. The summed E-state index contributed by atoms with van der Waals surface area (Å²) >= 11 is 7.55. The molecule has 0 spiro atoms. The number of nitro groups is 1. The molecule has 5 nitrogen and oxygen atoms in total. The van der Waals surface area contributed by atoms with Crippen LogP contribution in [0.5, 0.6) is 0 Å². The van der Waals surface area contributed by atoms with Crippen LogP contribution in [0, 0.1) is 10.1 Å². The number of aromatic nitrogens is 2. The highest BCUT2D eigenvalue weighted by Gasteiger charge is 2.14. The van der Waals surface area contributed by atoms with Gasteiger partial charge in [0.1, 0.15) is 12.0 Å². The van der Waals surface area contributed by atoms with E-state index in [1.165, 1.54) is 0 Å². The monoisotopic (exact) mass is 299 g/mol. The van der Waals surface area contributed by atoms with Crippen molar-refractivity contribution < 1.29 is 4.92 Å². The van der Waals surface area contributed by atoms with Crippen molar-refractivity contribution in [1.29, 1.82) is 0 Å². The minimum Gasteiger partial charge on any atom is -0.258 e. The first-order valence-electron chi connectivity index (χ1n) is 2.87. The fraction of sp³-hybridized carbons (Fsp3) is 0.200. The predicted octanol–water partition coefficient (Wildman–Crippen LogP) is 1.97. The predicted molar refractivity (Wildman–Crippen MR) is 51.4 cm³/mol. The number of alkyl halides is 1. The molecule has 0 fully saturated rings. The second-order valence-electron chi connectivity index (χ2n) is 1.85. The lowest BCUT2D eigenvalue weighted by Gasteiger charge is -1.95. The molecule has 1 heterocycles. The van der Waals surface area contributed by atoms with E-state index in [1.54, 1.807) is 0 Å². The maximum atomic E-state index is 10.3. The van der Waals surface area contributed by atoms with Crippen molar-refractivity contribution in [1.82, 2.24) is 9.97 Å². The first-order chi connectivity index (χ1) is 5.65. The second kappa shape index (κ2) is 3.94. The van der Waals surface area contributed by atoms with Gasteiger partial charge in [-0.05, 0) is 0 Å². The number of nitrogens with zero attached hydrogens (tertiary/aromatic N) is 3. The summed E-state index contributed by atoms with van der Waals surface area (Å²) in [5.41, 5.74) is -0.259. The topological polar surface area (TPSA) is 68.9 Å². The highest BCUT2D eigenvalue weighted by Crippen LogP contribution is 2.20. The Morgan fingerprint density at radius 2 is 2.42 bits per heavy atom. The summed E-state index contributed by atoms with van der Waals surface area (Å²) in [6.45, 7) is 0. The van der Waals surface area contributed by atoms with Crippen LogP contribution in [0.2, 0.25) is 5.15 Å². The van der Waals surface area contributed by atoms with E-state index in [-0.39, 0.29) is 10.8 Å². The lowest BCUT2D eigenvalue weighted by molar-refractivity contribution is -0.385. The molecule has 0 N–H and O–H groups in total. The molecule has 7 heteroatoms. The zero-order valence-corrected chi connectivity index (χ0v) is 8.61. The average Bonchev–Trinajstić information content (AvgIpc) is 2.03. The lowest BCUT2D eigenvalue weighted by Crippen LogP contribution is -1.96. The molecule has 1 aromatic heterocycles. The minimum atomic E-state index is -0.612. The largest absolute Gasteiger partial charge is 0.324 e. The van der Waals surface area contributed by atoms with E-state index in [0.29, 0.717) is 10.3 Å². The van der Waals surface area contributed by atoms with E-state index in [2.05, 4.69) is 9.97 Å². The van der Waals surface area contributed by atoms with Gasteiger partial charge in [-0.15, -0.1) is 0 Å². The van der Waals surface area contributed by atoms with E-state index in [0.717, 1.165) is 6.20 Å². The molecule has 1 aromatic rings. The van der Waals surface area contributed by atoms with Gasteiger partial charge in [0.2, 0.25) is 5.15 Å². The Morgan fingerprint density at radius 1 is 1.75 bits per heavy atom. The molecule has 64 valence electrons. The van der Waals surface area contributed by atoms with Crippen molar-refractivity contribution in [2.75, 3.05) is 0 Å². The van der Waals surface area contributed by atoms with E-state index in [4.69, 9.17) is 11.6 Å². The number of halogens is 2. The molecule has 0 aliphatic carbocycles. The molecule has 0 radical (unpaired) electrons. The summed E-state index contributed by atoms with van der Waals surface area (Å²) in [5, 5.41) is 10.2. The Bertz CT molecular complexity index is 320. The summed E-state index contributed by atoms with van der Waals surface area (Å²) in [7, 11) is 0. The van der Waals surface area contributed by atoms with Gasteiger partial charge in [-0.3, -0.25) is 10.1 Å². The molecule has 0 unspecified atom stereocenters. The van der Waals surface area contributed by atoms with Gasteiger partial charge in [-0.25, -0.2) is 9.97 Å². The Hall–Kier alpha value is -0.500. The highest BCUT2D eigenvalue weighted by molar-refractivity contribution is 14.1. The lowest BCUT2D eigenvalue weighted by atomic mass is 10.5. The van der Waals surface area contributed by atoms with Gasteiger partial charge in [-0.1, -0.05) is 34.2 Å². The Balaban J connectivity index is 3.12. The Labute approximate surface area is 86.5 Å². The molecule has 0 bridgehead atoms. The van der Waals surface area contributed by atoms with Crippen molar-refractivity contribution in [2.45, 2.75) is 4.43 Å². The Kier molecular flexibility index (Phi) is 3.15. The Morgan fingerprint density at radius 3 is 2.83 bits per heavy atom. The van der Waals surface area contributed by atoms with Gasteiger partial charge in [0.25, 0.3) is 0 Å². The molecular formula is C5H3ClIN3O2. The van der Waals surface area contributed by atoms with Crippen LogP contribution in [0.4, 0.5) is 5.69 Å². The molecule has 0 saturated heterocycles. The highest BCUT2D eigenvalue weighted by atomic mass is 127. The first kappa shape index (κ1) is 9.59. The molecule has 0 atom stereocenters. The second-order valence-corrected chi connectivity index (χ2v) is 2.97. The smallest absolute Gasteiger partial charge is 0.258 e. The fourth-order valence-electron chi connectivity index (χ4n) is 0.575. The molecule has 1 rings (SSSR count). The standard InChI is InChI=1S/C5H3ClIN3O2/c6-5-3(10(11)12)2-8-4(1-7)9-5/h2H,1H2. The van der Waals surface area contributed by atoms with E-state index in [9.17, 15) is 10.1 Å². The van der Waals surface area contributed by atoms with Gasteiger partial charge < -0.3 is 0 Å². The van der Waals surface area contributed by atoms with Crippen LogP contribution in [0.15, 0.2) is 6.20 Å². The third kappa shape index (κ3) is 2.01. The maximum Gasteiger partial charge on any atom is 0.324 e. The van der Waals surface area contributed by atoms with Crippen LogP contribution in [0.1, 0.15) is 5.82 Å². The van der Waals surface area contributed by atoms with Crippen molar-refractivity contribution in [3.8, 4) is 0 Å². The maximum absolute atomic E-state index is 10.3. The van der Waals surface area contributed by atoms with Gasteiger partial charge >= 0.3 is 5.69 Å². The van der Waals surface area contributed by atoms with Crippen molar-refractivity contribution in [2.24, 2.45) is 0 Å². The molecule has 0 aliphatic rings. The van der Waals surface area contributed by atoms with Crippen LogP contribution in [0.25, 0.3) is 0 Å². The van der Waals surface area contributed by atoms with Crippen LogP contribution in [-0.2, 0) is 4.43 Å². The molecule has 12 heavy (non-hydrogen) atoms. The minimum absolute atomic E-state index is 0.110. The summed E-state index contributed by atoms with van der Waals surface area (Å²) in [5.74, 6) is 0.492. The first-order valence-corrected chi connectivity index (χ1v) is 4.77. The molecule has 0 saturated carbocycles.